The molecule has 0 radical (unpaired) electrons. The number of hydrogen-bond donors (Lipinski definition) is 3. The first-order valence-electron chi connectivity index (χ1n) is 10.4. The largest absolute Gasteiger partial charge is 0.354 e. The van der Waals surface area contributed by atoms with Crippen LogP contribution >= 0.6 is 12.4 Å². The van der Waals surface area contributed by atoms with Crippen LogP contribution in [0.15, 0.2) is 0 Å². The van der Waals surface area contributed by atoms with Gasteiger partial charge in [0.25, 0.3) is 0 Å². The molecular formula is C20H36ClN3O2. The van der Waals surface area contributed by atoms with Crippen LogP contribution in [0.4, 0.5) is 0 Å². The van der Waals surface area contributed by atoms with Crippen LogP contribution in [-0.4, -0.2) is 30.9 Å². The summed E-state index contributed by atoms with van der Waals surface area (Å²) in [5, 5.41) is 5.98. The Labute approximate surface area is 164 Å². The molecule has 2 bridgehead atoms. The average Bonchev–Trinajstić information content (AvgIpc) is 2.59. The van der Waals surface area contributed by atoms with E-state index in [0.717, 1.165) is 12.8 Å². The highest BCUT2D eigenvalue weighted by atomic mass is 35.5. The molecule has 5 nitrogen and oxygen atoms in total. The number of hydrogen-bond acceptors (Lipinski definition) is 3. The van der Waals surface area contributed by atoms with Gasteiger partial charge in [0.2, 0.25) is 11.8 Å². The topological polar surface area (TPSA) is 84.2 Å². The Kier molecular flexibility index (Phi) is 8.68. The Hall–Kier alpha value is -0.810. The van der Waals surface area contributed by atoms with E-state index in [9.17, 15) is 9.59 Å². The van der Waals surface area contributed by atoms with Crippen molar-refractivity contribution in [3.63, 3.8) is 0 Å². The number of rotatable bonds is 6. The maximum Gasteiger partial charge on any atom is 0.223 e. The van der Waals surface area contributed by atoms with E-state index in [1.54, 1.807) is 0 Å². The van der Waals surface area contributed by atoms with Gasteiger partial charge in [-0.3, -0.25) is 9.59 Å². The number of carbonyl (C=O) groups excluding carboxylic acids is 2. The minimum Gasteiger partial charge on any atom is -0.354 e. The van der Waals surface area contributed by atoms with E-state index < -0.39 is 0 Å². The van der Waals surface area contributed by atoms with Crippen LogP contribution in [0.25, 0.3) is 0 Å². The Balaban J connectivity index is 0.00000243. The molecule has 3 rings (SSSR count). The first kappa shape index (κ1) is 21.5. The van der Waals surface area contributed by atoms with Gasteiger partial charge in [0.05, 0.1) is 0 Å². The molecule has 4 N–H and O–H groups in total. The number of nitrogens with two attached hydrogens (primary N) is 1. The molecule has 2 amide bonds. The summed E-state index contributed by atoms with van der Waals surface area (Å²) in [6.07, 6.45) is 12.4. The second-order valence-electron chi connectivity index (χ2n) is 8.55. The Morgan fingerprint density at radius 1 is 0.846 bits per heavy atom. The number of amides is 2. The molecule has 0 aromatic heterocycles. The summed E-state index contributed by atoms with van der Waals surface area (Å²) in [5.41, 5.74) is 6.30. The minimum atomic E-state index is 0. The smallest absolute Gasteiger partial charge is 0.223 e. The Morgan fingerprint density at radius 2 is 1.46 bits per heavy atom. The standard InChI is InChI=1S/C20H35N3O2.ClH/c21-19-15-7-4-8-16(19)13-17(12-15)20(25)23-10-9-22-18(24)11-14-5-2-1-3-6-14;/h14-17,19H,1-13,21H2,(H,22,24)(H,23,25);1H. The molecule has 26 heavy (non-hydrogen) atoms. The maximum atomic E-state index is 12.4. The van der Waals surface area contributed by atoms with E-state index in [1.165, 1.54) is 51.4 Å². The van der Waals surface area contributed by atoms with Crippen molar-refractivity contribution in [1.29, 1.82) is 0 Å². The highest BCUT2D eigenvalue weighted by Crippen LogP contribution is 2.41. The molecule has 0 heterocycles. The molecule has 3 saturated carbocycles. The second kappa shape index (κ2) is 10.5. The predicted octanol–water partition coefficient (Wildman–Crippen LogP) is 2.76. The van der Waals surface area contributed by atoms with E-state index in [2.05, 4.69) is 10.6 Å². The monoisotopic (exact) mass is 385 g/mol. The maximum absolute atomic E-state index is 12.4. The molecule has 0 aromatic carbocycles. The fraction of sp³-hybridized carbons (Fsp3) is 0.900. The Bertz CT molecular complexity index is 454. The van der Waals surface area contributed by atoms with Crippen LogP contribution < -0.4 is 16.4 Å². The molecule has 0 aromatic rings. The summed E-state index contributed by atoms with van der Waals surface area (Å²) in [7, 11) is 0. The van der Waals surface area contributed by atoms with Crippen molar-refractivity contribution in [1.82, 2.24) is 10.6 Å². The minimum absolute atomic E-state index is 0. The van der Waals surface area contributed by atoms with Crippen molar-refractivity contribution >= 4 is 24.2 Å². The predicted molar refractivity (Wildman–Crippen MR) is 106 cm³/mol. The van der Waals surface area contributed by atoms with Gasteiger partial charge in [-0.1, -0.05) is 25.7 Å². The van der Waals surface area contributed by atoms with Gasteiger partial charge in [-0.2, -0.15) is 0 Å². The molecular weight excluding hydrogens is 350 g/mol. The van der Waals surface area contributed by atoms with E-state index in [1.807, 2.05) is 0 Å². The molecule has 3 fully saturated rings. The fourth-order valence-electron chi connectivity index (χ4n) is 5.26. The van der Waals surface area contributed by atoms with Crippen LogP contribution in [0.3, 0.4) is 0 Å². The van der Waals surface area contributed by atoms with E-state index in [0.29, 0.717) is 43.3 Å². The van der Waals surface area contributed by atoms with Crippen LogP contribution in [0.2, 0.25) is 0 Å². The number of nitrogens with one attached hydrogen (secondary N) is 2. The van der Waals surface area contributed by atoms with E-state index >= 15 is 0 Å². The van der Waals surface area contributed by atoms with Gasteiger partial charge in [0.1, 0.15) is 0 Å². The van der Waals surface area contributed by atoms with Crippen LogP contribution in [0.1, 0.15) is 70.6 Å². The molecule has 2 unspecified atom stereocenters. The number of halogens is 1. The zero-order chi connectivity index (χ0) is 17.6. The number of fused-ring (bicyclic) bond motifs is 2. The third kappa shape index (κ3) is 5.85. The summed E-state index contributed by atoms with van der Waals surface area (Å²) in [6.45, 7) is 1.07. The average molecular weight is 386 g/mol. The SMILES string of the molecule is Cl.NC1C2CCCC1CC(C(=O)NCCNC(=O)CC1CCCCC1)C2. The van der Waals surface area contributed by atoms with Crippen molar-refractivity contribution in [3.8, 4) is 0 Å². The van der Waals surface area contributed by atoms with E-state index in [-0.39, 0.29) is 30.1 Å². The van der Waals surface area contributed by atoms with Gasteiger partial charge in [-0.05, 0) is 56.3 Å². The third-order valence-electron chi connectivity index (χ3n) is 6.73. The fourth-order valence-corrected chi connectivity index (χ4v) is 5.26. The zero-order valence-corrected chi connectivity index (χ0v) is 16.7. The van der Waals surface area contributed by atoms with Crippen molar-refractivity contribution in [2.75, 3.05) is 13.1 Å². The van der Waals surface area contributed by atoms with Gasteiger partial charge >= 0.3 is 0 Å². The third-order valence-corrected chi connectivity index (χ3v) is 6.73. The van der Waals surface area contributed by atoms with Crippen LogP contribution in [0.5, 0.6) is 0 Å². The quantitative estimate of drug-likeness (QED) is 0.614. The van der Waals surface area contributed by atoms with Crippen molar-refractivity contribution in [2.24, 2.45) is 29.4 Å². The lowest BCUT2D eigenvalue weighted by Gasteiger charge is -2.43. The molecule has 0 spiro atoms. The summed E-state index contributed by atoms with van der Waals surface area (Å²) in [6, 6.07) is 0.303. The lowest BCUT2D eigenvalue weighted by Crippen LogP contribution is -2.49. The lowest BCUT2D eigenvalue weighted by molar-refractivity contribution is -0.128. The van der Waals surface area contributed by atoms with Gasteiger partial charge in [0.15, 0.2) is 0 Å². The molecule has 6 heteroatoms. The van der Waals surface area contributed by atoms with Gasteiger partial charge in [-0.15, -0.1) is 12.4 Å². The van der Waals surface area contributed by atoms with Crippen LogP contribution in [0, 0.1) is 23.7 Å². The highest BCUT2D eigenvalue weighted by Gasteiger charge is 2.40. The lowest BCUT2D eigenvalue weighted by atomic mass is 9.65. The molecule has 2 atom stereocenters. The summed E-state index contributed by atoms with van der Waals surface area (Å²) in [4.78, 5) is 24.4. The molecule has 0 saturated heterocycles. The summed E-state index contributed by atoms with van der Waals surface area (Å²) in [5.74, 6) is 2.03. The Morgan fingerprint density at radius 3 is 2.12 bits per heavy atom. The van der Waals surface area contributed by atoms with Gasteiger partial charge in [0, 0.05) is 31.5 Å². The van der Waals surface area contributed by atoms with Crippen LogP contribution in [-0.2, 0) is 9.59 Å². The number of carbonyl (C=O) groups is 2. The second-order valence-corrected chi connectivity index (χ2v) is 8.55. The summed E-state index contributed by atoms with van der Waals surface area (Å²) >= 11 is 0. The molecule has 150 valence electrons. The molecule has 3 aliphatic carbocycles. The molecule has 0 aliphatic heterocycles. The zero-order valence-electron chi connectivity index (χ0n) is 15.9. The van der Waals surface area contributed by atoms with Crippen molar-refractivity contribution < 1.29 is 9.59 Å². The van der Waals surface area contributed by atoms with Gasteiger partial charge in [-0.25, -0.2) is 0 Å². The van der Waals surface area contributed by atoms with E-state index in [4.69, 9.17) is 5.73 Å². The normalized spacial score (nSPS) is 31.6. The highest BCUT2D eigenvalue weighted by molar-refractivity contribution is 5.85. The first-order chi connectivity index (χ1) is 12.1. The first-order valence-corrected chi connectivity index (χ1v) is 10.4. The molecule has 3 aliphatic rings. The summed E-state index contributed by atoms with van der Waals surface area (Å²) < 4.78 is 0. The van der Waals surface area contributed by atoms with Crippen molar-refractivity contribution in [2.45, 2.75) is 76.7 Å². The van der Waals surface area contributed by atoms with Crippen molar-refractivity contribution in [3.05, 3.63) is 0 Å². The van der Waals surface area contributed by atoms with Gasteiger partial charge < -0.3 is 16.4 Å².